The van der Waals surface area contributed by atoms with Crippen molar-refractivity contribution in [3.8, 4) is 0 Å². The van der Waals surface area contributed by atoms with Crippen molar-refractivity contribution < 1.29 is 43.2 Å². The van der Waals surface area contributed by atoms with Crippen LogP contribution in [0.4, 0.5) is 0 Å². The van der Waals surface area contributed by atoms with Crippen LogP contribution >= 0.6 is 0 Å². The SMILES string of the molecule is C=C1C(=O)O[C@@H]2C[C@H](C)[C@@]3(O)C=C(C(C)=O)[C@@]4(O[C@@H]3C[C@H]12)C(=O)O[C@H]1C[C@@H](C)[C@]2(/C=C\C(C)=O)O[C@@H]2C[C@H]14. The third-order valence-electron chi connectivity index (χ3n) is 9.99. The third-order valence-corrected chi connectivity index (χ3v) is 9.99. The maximum atomic E-state index is 13.7. The molecule has 1 spiro atoms. The predicted molar refractivity (Wildman–Crippen MR) is 131 cm³/mol. The number of allylic oxidation sites excluding steroid dienone is 1. The molecule has 11 atom stereocenters. The van der Waals surface area contributed by atoms with Gasteiger partial charge in [-0.1, -0.05) is 20.4 Å². The molecule has 6 aliphatic rings. The normalized spacial score (nSPS) is 49.2. The Balaban J connectivity index is 1.42. The third kappa shape index (κ3) is 3.34. The van der Waals surface area contributed by atoms with Crippen LogP contribution in [-0.4, -0.2) is 69.8 Å². The average Bonchev–Trinajstić information content (AvgIpc) is 3.47. The summed E-state index contributed by atoms with van der Waals surface area (Å²) in [5, 5.41) is 12.0. The van der Waals surface area contributed by atoms with E-state index in [1.54, 1.807) is 6.08 Å². The molecule has 9 nitrogen and oxygen atoms in total. The fraction of sp³-hybridized carbons (Fsp3) is 0.655. The molecule has 0 unspecified atom stereocenters. The second-order valence-electron chi connectivity index (χ2n) is 12.1. The van der Waals surface area contributed by atoms with Gasteiger partial charge in [-0.3, -0.25) is 9.59 Å². The number of ether oxygens (including phenoxy) is 4. The number of fused-ring (bicyclic) bond motifs is 5. The standard InChI is InChI=1S/C29H34O9/c1-13-8-21-18(16(4)25(32)35-21)10-23-27(13,34)12-20(17(5)31)29(38-23)19-11-24-28(37-24,7-6-15(3)30)14(2)9-22(19)36-26(29)33/h6-7,12-14,18-19,21-24,34H,4,8-11H2,1-3,5H3/b7-6-/t13-,14+,18+,19+,21+,22-,23+,24+,27-,28-,29+/m0/s1. The zero-order valence-corrected chi connectivity index (χ0v) is 22.1. The van der Waals surface area contributed by atoms with E-state index in [9.17, 15) is 24.3 Å². The molecule has 0 aromatic rings. The number of hydrogen-bond donors (Lipinski definition) is 1. The molecule has 5 fully saturated rings. The van der Waals surface area contributed by atoms with Crippen LogP contribution in [0.1, 0.15) is 53.4 Å². The quantitative estimate of drug-likeness (QED) is 0.334. The van der Waals surface area contributed by atoms with Gasteiger partial charge in [-0.2, -0.15) is 0 Å². The van der Waals surface area contributed by atoms with Gasteiger partial charge in [-0.15, -0.1) is 0 Å². The number of rotatable bonds is 3. The van der Waals surface area contributed by atoms with Gasteiger partial charge in [0.05, 0.1) is 12.2 Å². The Morgan fingerprint density at radius 1 is 1.00 bits per heavy atom. The van der Waals surface area contributed by atoms with E-state index >= 15 is 0 Å². The lowest BCUT2D eigenvalue weighted by Crippen LogP contribution is -2.61. The van der Waals surface area contributed by atoms with E-state index < -0.39 is 58.9 Å². The van der Waals surface area contributed by atoms with Crippen molar-refractivity contribution in [2.45, 2.75) is 94.6 Å². The van der Waals surface area contributed by atoms with Crippen LogP contribution in [0.5, 0.6) is 0 Å². The molecule has 9 heteroatoms. The van der Waals surface area contributed by atoms with E-state index in [1.807, 2.05) is 13.8 Å². The molecule has 1 N–H and O–H groups in total. The summed E-state index contributed by atoms with van der Waals surface area (Å²) in [6.45, 7) is 10.6. The molecule has 204 valence electrons. The molecular formula is C29H34O9. The topological polar surface area (TPSA) is 129 Å². The highest BCUT2D eigenvalue weighted by atomic mass is 16.6. The van der Waals surface area contributed by atoms with E-state index in [2.05, 4.69) is 6.58 Å². The second kappa shape index (κ2) is 8.19. The fourth-order valence-electron chi connectivity index (χ4n) is 7.71. The number of Topliss-reactive ketones (excluding diaryl/α,β-unsaturated/α-hetero) is 1. The molecular weight excluding hydrogens is 492 g/mol. The first-order valence-electron chi connectivity index (χ1n) is 13.5. The highest BCUT2D eigenvalue weighted by Gasteiger charge is 2.72. The molecule has 0 aromatic carbocycles. The van der Waals surface area contributed by atoms with Gasteiger partial charge in [-0.25, -0.2) is 9.59 Å². The summed E-state index contributed by atoms with van der Waals surface area (Å²) in [6.07, 6.45) is 4.14. The maximum Gasteiger partial charge on any atom is 0.343 e. The molecule has 6 rings (SSSR count). The van der Waals surface area contributed by atoms with Crippen LogP contribution in [0.2, 0.25) is 0 Å². The highest BCUT2D eigenvalue weighted by molar-refractivity contribution is 6.04. The predicted octanol–water partition coefficient (Wildman–Crippen LogP) is 2.15. The van der Waals surface area contributed by atoms with Gasteiger partial charge < -0.3 is 24.1 Å². The van der Waals surface area contributed by atoms with Crippen molar-refractivity contribution in [3.63, 3.8) is 0 Å². The van der Waals surface area contributed by atoms with Crippen molar-refractivity contribution >= 4 is 23.5 Å². The van der Waals surface area contributed by atoms with E-state index in [1.165, 1.54) is 26.0 Å². The summed E-state index contributed by atoms with van der Waals surface area (Å²) in [4.78, 5) is 50.8. The van der Waals surface area contributed by atoms with E-state index in [-0.39, 0.29) is 41.5 Å². The first-order valence-corrected chi connectivity index (χ1v) is 13.5. The Labute approximate surface area is 221 Å². The van der Waals surface area contributed by atoms with Crippen molar-refractivity contribution in [2.75, 3.05) is 0 Å². The van der Waals surface area contributed by atoms with Crippen LogP contribution in [-0.2, 0) is 38.1 Å². The molecule has 0 bridgehead atoms. The monoisotopic (exact) mass is 526 g/mol. The van der Waals surface area contributed by atoms with Crippen molar-refractivity contribution in [3.05, 3.63) is 36.0 Å². The maximum absolute atomic E-state index is 13.7. The fourth-order valence-corrected chi connectivity index (χ4v) is 7.71. The van der Waals surface area contributed by atoms with Gasteiger partial charge in [0.2, 0.25) is 0 Å². The van der Waals surface area contributed by atoms with E-state index in [0.29, 0.717) is 24.8 Å². The average molecular weight is 527 g/mol. The van der Waals surface area contributed by atoms with Gasteiger partial charge in [-0.05, 0) is 69.6 Å². The van der Waals surface area contributed by atoms with E-state index in [0.717, 1.165) is 0 Å². The van der Waals surface area contributed by atoms with Gasteiger partial charge >= 0.3 is 11.9 Å². The van der Waals surface area contributed by atoms with Gasteiger partial charge in [0, 0.05) is 23.0 Å². The lowest BCUT2D eigenvalue weighted by atomic mass is 9.69. The molecule has 4 heterocycles. The minimum Gasteiger partial charge on any atom is -0.460 e. The minimum atomic E-state index is -1.70. The van der Waals surface area contributed by atoms with Crippen LogP contribution in [0.25, 0.3) is 0 Å². The van der Waals surface area contributed by atoms with Crippen molar-refractivity contribution in [1.29, 1.82) is 0 Å². The molecule has 2 saturated carbocycles. The Hall–Kier alpha value is -2.62. The van der Waals surface area contributed by atoms with Crippen LogP contribution in [0.3, 0.4) is 0 Å². The first kappa shape index (κ1) is 25.6. The number of epoxide rings is 1. The highest BCUT2D eigenvalue weighted by Crippen LogP contribution is 2.60. The number of aliphatic hydroxyl groups is 1. The number of carbonyl (C=O) groups excluding carboxylic acids is 4. The number of carbonyl (C=O) groups is 4. The Bertz CT molecular complexity index is 1220. The molecule has 2 aliphatic carbocycles. The summed E-state index contributed by atoms with van der Waals surface area (Å²) in [6, 6.07) is 0. The number of esters is 2. The minimum absolute atomic E-state index is 0.0463. The lowest BCUT2D eigenvalue weighted by Gasteiger charge is -2.48. The van der Waals surface area contributed by atoms with Gasteiger partial charge in [0.25, 0.3) is 0 Å². The Morgan fingerprint density at radius 2 is 1.71 bits per heavy atom. The summed E-state index contributed by atoms with van der Waals surface area (Å²) in [5.41, 5.74) is -3.46. The van der Waals surface area contributed by atoms with Crippen molar-refractivity contribution in [2.24, 2.45) is 23.7 Å². The zero-order valence-electron chi connectivity index (χ0n) is 22.1. The van der Waals surface area contributed by atoms with E-state index in [4.69, 9.17) is 18.9 Å². The summed E-state index contributed by atoms with van der Waals surface area (Å²) < 4.78 is 24.3. The number of hydrogen-bond acceptors (Lipinski definition) is 9. The zero-order chi connectivity index (χ0) is 27.4. The van der Waals surface area contributed by atoms with Crippen LogP contribution in [0, 0.1) is 23.7 Å². The van der Waals surface area contributed by atoms with Gasteiger partial charge in [0.15, 0.2) is 17.2 Å². The Kier molecular flexibility index (Phi) is 5.53. The lowest BCUT2D eigenvalue weighted by molar-refractivity contribution is -0.197. The second-order valence-corrected chi connectivity index (χ2v) is 12.1. The Morgan fingerprint density at radius 3 is 2.39 bits per heavy atom. The molecule has 38 heavy (non-hydrogen) atoms. The van der Waals surface area contributed by atoms with Gasteiger partial charge in [0.1, 0.15) is 23.4 Å². The molecule has 0 amide bonds. The molecule has 0 radical (unpaired) electrons. The summed E-state index contributed by atoms with van der Waals surface area (Å²) >= 11 is 0. The van der Waals surface area contributed by atoms with Crippen LogP contribution < -0.4 is 0 Å². The number of ketones is 2. The molecule has 4 aliphatic heterocycles. The van der Waals surface area contributed by atoms with Crippen molar-refractivity contribution in [1.82, 2.24) is 0 Å². The largest absolute Gasteiger partial charge is 0.460 e. The summed E-state index contributed by atoms with van der Waals surface area (Å²) in [5.74, 6) is -2.92. The smallest absolute Gasteiger partial charge is 0.343 e. The first-order chi connectivity index (χ1) is 17.8. The molecule has 0 aromatic heterocycles. The molecule has 3 saturated heterocycles. The van der Waals surface area contributed by atoms with Crippen LogP contribution in [0.15, 0.2) is 36.0 Å². The summed E-state index contributed by atoms with van der Waals surface area (Å²) in [7, 11) is 0.